The fourth-order valence-electron chi connectivity index (χ4n) is 3.61. The third-order valence-electron chi connectivity index (χ3n) is 5.21. The first-order valence-corrected chi connectivity index (χ1v) is 11.4. The number of halogens is 1. The molecule has 0 bridgehead atoms. The van der Waals surface area contributed by atoms with E-state index in [9.17, 15) is 9.59 Å². The van der Waals surface area contributed by atoms with Crippen LogP contribution in [0.4, 0.5) is 0 Å². The number of carbonyl (C=O) groups excluding carboxylic acids is 1. The quantitative estimate of drug-likeness (QED) is 0.509. The summed E-state index contributed by atoms with van der Waals surface area (Å²) in [5.41, 5.74) is 2.67. The number of nitrogens with zero attached hydrogens (tertiary/aromatic N) is 2. The predicted octanol–water partition coefficient (Wildman–Crippen LogP) is 3.89. The minimum absolute atomic E-state index is 0.233. The van der Waals surface area contributed by atoms with Crippen molar-refractivity contribution in [2.45, 2.75) is 32.7 Å². The Morgan fingerprint density at radius 2 is 1.97 bits per heavy atom. The average Bonchev–Trinajstić information content (AvgIpc) is 3.29. The van der Waals surface area contributed by atoms with E-state index < -0.39 is 12.0 Å². The highest BCUT2D eigenvalue weighted by Gasteiger charge is 2.33. The van der Waals surface area contributed by atoms with Crippen molar-refractivity contribution in [2.24, 2.45) is 4.99 Å². The van der Waals surface area contributed by atoms with Gasteiger partial charge in [0.1, 0.15) is 5.76 Å². The number of hydrogen-bond donors (Lipinski definition) is 0. The molecule has 1 aliphatic heterocycles. The van der Waals surface area contributed by atoms with Gasteiger partial charge < -0.3 is 9.15 Å². The van der Waals surface area contributed by atoms with Crippen molar-refractivity contribution in [3.8, 4) is 0 Å². The summed E-state index contributed by atoms with van der Waals surface area (Å²) in [6.07, 6.45) is 1.69. The second-order valence-corrected chi connectivity index (χ2v) is 9.33. The van der Waals surface area contributed by atoms with Crippen molar-refractivity contribution in [2.75, 3.05) is 7.11 Å². The molecule has 0 radical (unpaired) electrons. The summed E-state index contributed by atoms with van der Waals surface area (Å²) in [5.74, 6) is 0.434. The van der Waals surface area contributed by atoms with Crippen molar-refractivity contribution in [3.05, 3.63) is 88.9 Å². The zero-order valence-corrected chi connectivity index (χ0v) is 19.9. The van der Waals surface area contributed by atoms with Gasteiger partial charge in [-0.05, 0) is 52.0 Å². The van der Waals surface area contributed by atoms with Gasteiger partial charge in [-0.3, -0.25) is 9.36 Å². The van der Waals surface area contributed by atoms with Crippen molar-refractivity contribution in [1.29, 1.82) is 0 Å². The number of carbonyl (C=O) groups is 1. The van der Waals surface area contributed by atoms with E-state index in [4.69, 9.17) is 9.15 Å². The van der Waals surface area contributed by atoms with Gasteiger partial charge in [0.05, 0.1) is 29.0 Å². The molecule has 1 aromatic carbocycles. The summed E-state index contributed by atoms with van der Waals surface area (Å²) < 4.78 is 13.2. The third-order valence-corrected chi connectivity index (χ3v) is 6.62. The molecule has 0 aliphatic carbocycles. The molecule has 31 heavy (non-hydrogen) atoms. The number of allylic oxidation sites excluding steroid dienone is 1. The van der Waals surface area contributed by atoms with Gasteiger partial charge in [0.25, 0.3) is 5.56 Å². The highest BCUT2D eigenvalue weighted by molar-refractivity contribution is 9.10. The van der Waals surface area contributed by atoms with Gasteiger partial charge >= 0.3 is 5.97 Å². The molecule has 0 unspecified atom stereocenters. The van der Waals surface area contributed by atoms with E-state index in [1.807, 2.05) is 24.3 Å². The summed E-state index contributed by atoms with van der Waals surface area (Å²) in [6, 6.07) is 10.9. The summed E-state index contributed by atoms with van der Waals surface area (Å²) in [4.78, 5) is 31.2. The first-order chi connectivity index (χ1) is 14.8. The number of esters is 1. The normalized spacial score (nSPS) is 16.5. The molecule has 0 saturated carbocycles. The molecular formula is C23H21BrN2O4S. The van der Waals surface area contributed by atoms with Crippen LogP contribution in [-0.2, 0) is 9.53 Å². The average molecular weight is 501 g/mol. The Morgan fingerprint density at radius 1 is 1.26 bits per heavy atom. The highest BCUT2D eigenvalue weighted by Crippen LogP contribution is 2.31. The van der Waals surface area contributed by atoms with Crippen LogP contribution in [0.25, 0.3) is 6.08 Å². The molecule has 3 heterocycles. The fraction of sp³-hybridized carbons (Fsp3) is 0.261. The number of hydrogen-bond acceptors (Lipinski definition) is 6. The number of aromatic nitrogens is 1. The second-order valence-electron chi connectivity index (χ2n) is 7.54. The molecule has 1 aliphatic rings. The lowest BCUT2D eigenvalue weighted by Gasteiger charge is -2.24. The summed E-state index contributed by atoms with van der Waals surface area (Å²) >= 11 is 4.54. The summed E-state index contributed by atoms with van der Waals surface area (Å²) in [7, 11) is 1.33. The molecule has 3 aromatic rings. The van der Waals surface area contributed by atoms with E-state index in [0.29, 0.717) is 37.0 Å². The molecule has 0 saturated heterocycles. The zero-order valence-electron chi connectivity index (χ0n) is 17.5. The molecule has 0 N–H and O–H groups in total. The van der Waals surface area contributed by atoms with Crippen molar-refractivity contribution >= 4 is 39.3 Å². The Labute approximate surface area is 191 Å². The van der Waals surface area contributed by atoms with Gasteiger partial charge in [0, 0.05) is 6.08 Å². The molecule has 2 aromatic heterocycles. The standard InChI is InChI=1S/C23H21BrN2O4S/c1-12(2)14-5-7-15(8-6-14)20-19(22(28)29-4)13(3)25-23-26(20)21(27)17(31-23)11-16-9-10-18(24)30-16/h5-12,20H,1-4H3/b17-11-/t20-/m1/s1. The Bertz CT molecular complexity index is 1360. The molecule has 0 spiro atoms. The lowest BCUT2D eigenvalue weighted by atomic mass is 9.93. The first kappa shape index (κ1) is 21.5. The monoisotopic (exact) mass is 500 g/mol. The van der Waals surface area contributed by atoms with Crippen LogP contribution in [0.5, 0.6) is 0 Å². The van der Waals surface area contributed by atoms with Crippen molar-refractivity contribution in [1.82, 2.24) is 4.57 Å². The molecular weight excluding hydrogens is 480 g/mol. The summed E-state index contributed by atoms with van der Waals surface area (Å²) in [5, 5.41) is 0. The van der Waals surface area contributed by atoms with Gasteiger partial charge in [-0.2, -0.15) is 0 Å². The maximum Gasteiger partial charge on any atom is 0.338 e. The molecule has 8 heteroatoms. The molecule has 4 rings (SSSR count). The minimum atomic E-state index is -0.615. The Hall–Kier alpha value is -2.71. The van der Waals surface area contributed by atoms with Crippen LogP contribution in [0.1, 0.15) is 49.6 Å². The largest absolute Gasteiger partial charge is 0.466 e. The molecule has 6 nitrogen and oxygen atoms in total. The van der Waals surface area contributed by atoms with Crippen LogP contribution in [-0.4, -0.2) is 17.6 Å². The van der Waals surface area contributed by atoms with E-state index in [1.54, 1.807) is 29.7 Å². The van der Waals surface area contributed by atoms with Gasteiger partial charge in [0.15, 0.2) is 9.47 Å². The van der Waals surface area contributed by atoms with E-state index in [1.165, 1.54) is 24.0 Å². The van der Waals surface area contributed by atoms with E-state index in [-0.39, 0.29) is 5.56 Å². The number of furan rings is 1. The van der Waals surface area contributed by atoms with Gasteiger partial charge in [-0.1, -0.05) is 49.4 Å². The van der Waals surface area contributed by atoms with Crippen LogP contribution >= 0.6 is 27.3 Å². The van der Waals surface area contributed by atoms with E-state index >= 15 is 0 Å². The number of fused-ring (bicyclic) bond motifs is 1. The third kappa shape index (κ3) is 3.97. The Kier molecular flexibility index (Phi) is 5.85. The maximum atomic E-state index is 13.4. The zero-order chi connectivity index (χ0) is 22.3. The van der Waals surface area contributed by atoms with Crippen LogP contribution in [0.2, 0.25) is 0 Å². The SMILES string of the molecule is COC(=O)C1=C(C)N=c2s/c(=C\c3ccc(Br)o3)c(=O)n2[C@@H]1c1ccc(C(C)C)cc1. The van der Waals surface area contributed by atoms with Crippen LogP contribution in [0.3, 0.4) is 0 Å². The minimum Gasteiger partial charge on any atom is -0.466 e. The number of benzene rings is 1. The van der Waals surface area contributed by atoms with Gasteiger partial charge in [-0.15, -0.1) is 0 Å². The second kappa shape index (κ2) is 8.43. The smallest absolute Gasteiger partial charge is 0.338 e. The number of rotatable bonds is 4. The molecule has 0 fully saturated rings. The Balaban J connectivity index is 1.95. The molecule has 1 atom stereocenters. The number of methoxy groups -OCH3 is 1. The first-order valence-electron chi connectivity index (χ1n) is 9.76. The van der Waals surface area contributed by atoms with Crippen molar-refractivity contribution in [3.63, 3.8) is 0 Å². The topological polar surface area (TPSA) is 73.8 Å². The number of thiazole rings is 1. The van der Waals surface area contributed by atoms with Crippen LogP contribution < -0.4 is 14.9 Å². The lowest BCUT2D eigenvalue weighted by molar-refractivity contribution is -0.136. The van der Waals surface area contributed by atoms with Crippen LogP contribution in [0.15, 0.2) is 66.5 Å². The molecule has 160 valence electrons. The fourth-order valence-corrected chi connectivity index (χ4v) is 4.95. The lowest BCUT2D eigenvalue weighted by Crippen LogP contribution is -2.39. The highest BCUT2D eigenvalue weighted by atomic mass is 79.9. The van der Waals surface area contributed by atoms with Gasteiger partial charge in [0.2, 0.25) is 0 Å². The maximum absolute atomic E-state index is 13.4. The van der Waals surface area contributed by atoms with E-state index in [2.05, 4.69) is 34.8 Å². The summed E-state index contributed by atoms with van der Waals surface area (Å²) in [6.45, 7) is 6.01. The van der Waals surface area contributed by atoms with Crippen molar-refractivity contribution < 1.29 is 13.9 Å². The number of ether oxygens (including phenoxy) is 1. The Morgan fingerprint density at radius 3 is 2.55 bits per heavy atom. The molecule has 0 amide bonds. The van der Waals surface area contributed by atoms with E-state index in [0.717, 1.165) is 5.56 Å². The van der Waals surface area contributed by atoms with Crippen LogP contribution in [0, 0.1) is 0 Å². The van der Waals surface area contributed by atoms with Gasteiger partial charge in [-0.25, -0.2) is 9.79 Å². The predicted molar refractivity (Wildman–Crippen MR) is 123 cm³/mol.